The lowest BCUT2D eigenvalue weighted by atomic mass is 9.74. The molecule has 0 radical (unpaired) electrons. The summed E-state index contributed by atoms with van der Waals surface area (Å²) in [7, 11) is -3.23. The van der Waals surface area contributed by atoms with Crippen LogP contribution >= 0.6 is 0 Å². The molecule has 1 fully saturated rings. The zero-order chi connectivity index (χ0) is 12.5. The third kappa shape index (κ3) is 3.06. The molecule has 0 heterocycles. The van der Waals surface area contributed by atoms with Crippen LogP contribution in [0.5, 0.6) is 0 Å². The molecule has 4 heteroatoms. The fourth-order valence-corrected chi connectivity index (χ4v) is 2.96. The third-order valence-corrected chi connectivity index (χ3v) is 5.56. The second-order valence-corrected chi connectivity index (χ2v) is 7.70. The van der Waals surface area contributed by atoms with Gasteiger partial charge in [0.25, 0.3) is 0 Å². The van der Waals surface area contributed by atoms with Crippen LogP contribution in [0.15, 0.2) is 0 Å². The van der Waals surface area contributed by atoms with E-state index in [1.165, 1.54) is 6.92 Å². The van der Waals surface area contributed by atoms with Gasteiger partial charge in [0.1, 0.15) is 5.25 Å². The number of sulfone groups is 1. The lowest BCUT2D eigenvalue weighted by molar-refractivity contribution is -0.123. The summed E-state index contributed by atoms with van der Waals surface area (Å²) in [4.78, 5) is 12.0. The molecule has 1 aliphatic carbocycles. The second kappa shape index (κ2) is 4.86. The first-order chi connectivity index (χ1) is 7.23. The van der Waals surface area contributed by atoms with Crippen LogP contribution in [-0.4, -0.2) is 25.7 Å². The van der Waals surface area contributed by atoms with Crippen LogP contribution in [0.3, 0.4) is 0 Å². The third-order valence-electron chi connectivity index (χ3n) is 4.04. The molecule has 0 aliphatic heterocycles. The number of carbonyl (C=O) groups is 1. The van der Waals surface area contributed by atoms with Crippen LogP contribution in [0.2, 0.25) is 0 Å². The number of Topliss-reactive ketones (excluding diaryl/α,β-unsaturated/α-hetero) is 1. The van der Waals surface area contributed by atoms with Crippen LogP contribution in [0.4, 0.5) is 0 Å². The topological polar surface area (TPSA) is 51.2 Å². The van der Waals surface area contributed by atoms with Crippen LogP contribution in [-0.2, 0) is 14.6 Å². The first kappa shape index (κ1) is 13.7. The fraction of sp³-hybridized carbons (Fsp3) is 0.917. The summed E-state index contributed by atoms with van der Waals surface area (Å²) in [5.74, 6) is 1.05. The van der Waals surface area contributed by atoms with Gasteiger partial charge in [-0.25, -0.2) is 8.42 Å². The molecule has 0 N–H and O–H groups in total. The molecule has 0 saturated heterocycles. The number of ketones is 1. The van der Waals surface area contributed by atoms with E-state index >= 15 is 0 Å². The highest BCUT2D eigenvalue weighted by molar-refractivity contribution is 7.92. The predicted molar refractivity (Wildman–Crippen MR) is 65.0 cm³/mol. The van der Waals surface area contributed by atoms with Crippen molar-refractivity contribution >= 4 is 15.6 Å². The van der Waals surface area contributed by atoms with Gasteiger partial charge in [0.2, 0.25) is 0 Å². The summed E-state index contributed by atoms with van der Waals surface area (Å²) in [6.07, 6.45) is 3.88. The maximum absolute atomic E-state index is 12.0. The Morgan fingerprint density at radius 1 is 1.19 bits per heavy atom. The monoisotopic (exact) mass is 246 g/mol. The number of rotatable bonds is 3. The van der Waals surface area contributed by atoms with Crippen molar-refractivity contribution in [3.8, 4) is 0 Å². The van der Waals surface area contributed by atoms with Gasteiger partial charge in [-0.15, -0.1) is 0 Å². The van der Waals surface area contributed by atoms with Crippen molar-refractivity contribution in [3.63, 3.8) is 0 Å². The molecule has 3 nitrogen and oxygen atoms in total. The molecular formula is C12H22O3S. The molecule has 1 rings (SSSR count). The fourth-order valence-electron chi connectivity index (χ4n) is 2.35. The molecule has 4 unspecified atom stereocenters. The Labute approximate surface area is 98.5 Å². The van der Waals surface area contributed by atoms with Gasteiger partial charge in [-0.05, 0) is 38.0 Å². The molecule has 1 saturated carbocycles. The zero-order valence-electron chi connectivity index (χ0n) is 10.6. The average Bonchev–Trinajstić information content (AvgIpc) is 2.18. The molecule has 0 aromatic heterocycles. The van der Waals surface area contributed by atoms with E-state index in [1.807, 2.05) is 0 Å². The Balaban J connectivity index is 2.69. The second-order valence-electron chi connectivity index (χ2n) is 5.34. The Morgan fingerprint density at radius 2 is 1.75 bits per heavy atom. The highest BCUT2D eigenvalue weighted by Gasteiger charge is 2.34. The van der Waals surface area contributed by atoms with E-state index in [2.05, 4.69) is 13.8 Å². The van der Waals surface area contributed by atoms with Crippen LogP contribution < -0.4 is 0 Å². The van der Waals surface area contributed by atoms with Crippen molar-refractivity contribution in [2.24, 2.45) is 17.8 Å². The maximum atomic E-state index is 12.0. The Hall–Kier alpha value is -0.380. The van der Waals surface area contributed by atoms with Crippen LogP contribution in [0.1, 0.15) is 40.0 Å². The standard InChI is InChI=1S/C12H22O3S/c1-8-5-6-11(7-9(8)2)12(13)10(3)16(4,14)15/h8-11H,5-7H2,1-4H3. The van der Waals surface area contributed by atoms with E-state index in [0.717, 1.165) is 25.5 Å². The van der Waals surface area contributed by atoms with Gasteiger partial charge in [0.15, 0.2) is 15.6 Å². The van der Waals surface area contributed by atoms with E-state index in [4.69, 9.17) is 0 Å². The minimum Gasteiger partial charge on any atom is -0.298 e. The van der Waals surface area contributed by atoms with Gasteiger partial charge in [0, 0.05) is 12.2 Å². The quantitative estimate of drug-likeness (QED) is 0.766. The van der Waals surface area contributed by atoms with E-state index in [-0.39, 0.29) is 11.7 Å². The van der Waals surface area contributed by atoms with E-state index in [9.17, 15) is 13.2 Å². The largest absolute Gasteiger partial charge is 0.298 e. The Morgan fingerprint density at radius 3 is 2.19 bits per heavy atom. The van der Waals surface area contributed by atoms with Crippen LogP contribution in [0.25, 0.3) is 0 Å². The van der Waals surface area contributed by atoms with Crippen molar-refractivity contribution < 1.29 is 13.2 Å². The van der Waals surface area contributed by atoms with E-state index < -0.39 is 15.1 Å². The molecule has 1 aliphatic rings. The summed E-state index contributed by atoms with van der Waals surface area (Å²) < 4.78 is 22.7. The minimum absolute atomic E-state index is 0.0454. The Bertz CT molecular complexity index is 358. The lowest BCUT2D eigenvalue weighted by Gasteiger charge is -2.32. The molecule has 0 amide bonds. The van der Waals surface area contributed by atoms with Crippen LogP contribution in [0, 0.1) is 17.8 Å². The smallest absolute Gasteiger partial charge is 0.157 e. The first-order valence-corrected chi connectivity index (χ1v) is 7.91. The van der Waals surface area contributed by atoms with Gasteiger partial charge in [-0.1, -0.05) is 13.8 Å². The predicted octanol–water partition coefficient (Wildman–Crippen LogP) is 2.06. The molecule has 16 heavy (non-hydrogen) atoms. The molecule has 0 aromatic carbocycles. The van der Waals surface area contributed by atoms with Crippen molar-refractivity contribution in [1.29, 1.82) is 0 Å². The van der Waals surface area contributed by atoms with Crippen molar-refractivity contribution in [2.75, 3.05) is 6.26 Å². The maximum Gasteiger partial charge on any atom is 0.157 e. The zero-order valence-corrected chi connectivity index (χ0v) is 11.4. The van der Waals surface area contributed by atoms with Gasteiger partial charge in [-0.3, -0.25) is 4.79 Å². The first-order valence-electron chi connectivity index (χ1n) is 5.96. The lowest BCUT2D eigenvalue weighted by Crippen LogP contribution is -2.35. The van der Waals surface area contributed by atoms with Crippen molar-refractivity contribution in [3.05, 3.63) is 0 Å². The molecule has 0 spiro atoms. The number of hydrogen-bond donors (Lipinski definition) is 0. The van der Waals surface area contributed by atoms with Crippen molar-refractivity contribution in [2.45, 2.75) is 45.3 Å². The molecular weight excluding hydrogens is 224 g/mol. The van der Waals surface area contributed by atoms with E-state index in [1.54, 1.807) is 0 Å². The molecule has 4 atom stereocenters. The van der Waals surface area contributed by atoms with Gasteiger partial charge >= 0.3 is 0 Å². The number of hydrogen-bond acceptors (Lipinski definition) is 3. The normalized spacial score (nSPS) is 33.4. The van der Waals surface area contributed by atoms with Gasteiger partial charge in [0.05, 0.1) is 0 Å². The van der Waals surface area contributed by atoms with Gasteiger partial charge in [-0.2, -0.15) is 0 Å². The molecule has 0 aromatic rings. The minimum atomic E-state index is -3.23. The summed E-state index contributed by atoms with van der Waals surface area (Å²) in [6, 6.07) is 0. The summed E-state index contributed by atoms with van der Waals surface area (Å²) >= 11 is 0. The average molecular weight is 246 g/mol. The Kier molecular flexibility index (Phi) is 4.16. The molecule has 94 valence electrons. The van der Waals surface area contributed by atoms with Crippen molar-refractivity contribution in [1.82, 2.24) is 0 Å². The summed E-state index contributed by atoms with van der Waals surface area (Å²) in [6.45, 7) is 5.86. The van der Waals surface area contributed by atoms with Gasteiger partial charge < -0.3 is 0 Å². The van der Waals surface area contributed by atoms with E-state index in [0.29, 0.717) is 11.8 Å². The number of carbonyl (C=O) groups excluding carboxylic acids is 1. The molecule has 0 bridgehead atoms. The highest BCUT2D eigenvalue weighted by atomic mass is 32.2. The SMILES string of the molecule is CC1CCC(C(=O)C(C)S(C)(=O)=O)CC1C. The summed E-state index contributed by atoms with van der Waals surface area (Å²) in [5, 5.41) is -0.835. The highest BCUT2D eigenvalue weighted by Crippen LogP contribution is 2.34. The summed E-state index contributed by atoms with van der Waals surface area (Å²) in [5.41, 5.74) is 0.